The van der Waals surface area contributed by atoms with E-state index in [1.165, 1.54) is 0 Å². The number of carboxylic acids is 1. The summed E-state index contributed by atoms with van der Waals surface area (Å²) in [6.07, 6.45) is 1.85. The summed E-state index contributed by atoms with van der Waals surface area (Å²) in [5, 5.41) is 12.3. The highest BCUT2D eigenvalue weighted by molar-refractivity contribution is 6.30. The van der Waals surface area contributed by atoms with Crippen LogP contribution in [0.1, 0.15) is 37.8 Å². The number of carboxylic acid groups (broad SMARTS) is 1. The van der Waals surface area contributed by atoms with Gasteiger partial charge in [-0.2, -0.15) is 0 Å². The van der Waals surface area contributed by atoms with Gasteiger partial charge in [0.15, 0.2) is 0 Å². The first-order valence-corrected chi connectivity index (χ1v) is 7.39. The van der Waals surface area contributed by atoms with Crippen molar-refractivity contribution in [3.63, 3.8) is 0 Å². The molecule has 1 aliphatic carbocycles. The molecule has 0 heterocycles. The van der Waals surface area contributed by atoms with Crippen molar-refractivity contribution in [1.82, 2.24) is 10.2 Å². The van der Waals surface area contributed by atoms with Crippen molar-refractivity contribution in [3.05, 3.63) is 34.9 Å². The summed E-state index contributed by atoms with van der Waals surface area (Å²) >= 11 is 5.94. The lowest BCUT2D eigenvalue weighted by molar-refractivity contribution is -0.137. The minimum absolute atomic E-state index is 0.0323. The number of amides is 2. The number of halogens is 1. The van der Waals surface area contributed by atoms with Crippen molar-refractivity contribution in [1.29, 1.82) is 0 Å². The van der Waals surface area contributed by atoms with E-state index in [9.17, 15) is 9.59 Å². The molecule has 1 saturated carbocycles. The summed E-state index contributed by atoms with van der Waals surface area (Å²) in [5.41, 5.74) is 0.921. The Kier molecular flexibility index (Phi) is 5.07. The summed E-state index contributed by atoms with van der Waals surface area (Å²) in [6.45, 7) is 2.12. The molecule has 1 unspecified atom stereocenters. The monoisotopic (exact) mass is 310 g/mol. The first-order valence-electron chi connectivity index (χ1n) is 7.01. The number of carbonyl (C=O) groups is 2. The van der Waals surface area contributed by atoms with E-state index in [2.05, 4.69) is 5.32 Å². The van der Waals surface area contributed by atoms with Gasteiger partial charge in [-0.05, 0) is 37.5 Å². The Bertz CT molecular complexity index is 531. The number of benzene rings is 1. The van der Waals surface area contributed by atoms with Crippen LogP contribution in [0.4, 0.5) is 4.79 Å². The van der Waals surface area contributed by atoms with Crippen LogP contribution < -0.4 is 5.32 Å². The number of rotatable bonds is 6. The van der Waals surface area contributed by atoms with Crippen LogP contribution in [0.25, 0.3) is 0 Å². The first kappa shape index (κ1) is 15.6. The average Bonchev–Trinajstić information content (AvgIpc) is 3.23. The van der Waals surface area contributed by atoms with Gasteiger partial charge in [-0.15, -0.1) is 0 Å². The molecule has 114 valence electrons. The van der Waals surface area contributed by atoms with Crippen LogP contribution >= 0.6 is 11.6 Å². The zero-order chi connectivity index (χ0) is 15.4. The molecule has 0 radical (unpaired) electrons. The standard InChI is InChI=1S/C15H19ClN2O3/c1-10(11-3-2-4-12(16)9-11)17-15(21)18(13-5-6-13)8-7-14(19)20/h2-4,9-10,13H,5-8H2,1H3,(H,17,21)(H,19,20). The van der Waals surface area contributed by atoms with E-state index in [4.69, 9.17) is 16.7 Å². The summed E-state index contributed by atoms with van der Waals surface area (Å²) in [4.78, 5) is 24.6. The molecule has 0 spiro atoms. The van der Waals surface area contributed by atoms with Crippen LogP contribution in [0.2, 0.25) is 5.02 Å². The summed E-state index contributed by atoms with van der Waals surface area (Å²) in [5.74, 6) is -0.892. The highest BCUT2D eigenvalue weighted by atomic mass is 35.5. The maximum atomic E-state index is 12.3. The first-order chi connectivity index (χ1) is 9.97. The topological polar surface area (TPSA) is 69.6 Å². The molecule has 6 heteroatoms. The third-order valence-corrected chi connectivity index (χ3v) is 3.74. The van der Waals surface area contributed by atoms with Crippen molar-refractivity contribution in [3.8, 4) is 0 Å². The lowest BCUT2D eigenvalue weighted by atomic mass is 10.1. The van der Waals surface area contributed by atoms with Gasteiger partial charge in [0.25, 0.3) is 0 Å². The van der Waals surface area contributed by atoms with Gasteiger partial charge in [0, 0.05) is 17.6 Å². The molecule has 1 aliphatic rings. The molecule has 21 heavy (non-hydrogen) atoms. The minimum atomic E-state index is -0.892. The molecule has 1 aromatic carbocycles. The Balaban J connectivity index is 1.96. The van der Waals surface area contributed by atoms with Crippen LogP contribution in [-0.2, 0) is 4.79 Å². The zero-order valence-corrected chi connectivity index (χ0v) is 12.6. The molecule has 0 aliphatic heterocycles. The van der Waals surface area contributed by atoms with Crippen LogP contribution in [0.15, 0.2) is 24.3 Å². The van der Waals surface area contributed by atoms with Gasteiger partial charge in [0.1, 0.15) is 0 Å². The molecular formula is C15H19ClN2O3. The van der Waals surface area contributed by atoms with Gasteiger partial charge in [0.05, 0.1) is 12.5 Å². The number of hydrogen-bond donors (Lipinski definition) is 2. The number of nitrogens with zero attached hydrogens (tertiary/aromatic N) is 1. The maximum Gasteiger partial charge on any atom is 0.318 e. The van der Waals surface area contributed by atoms with Crippen LogP contribution in [-0.4, -0.2) is 34.6 Å². The van der Waals surface area contributed by atoms with Gasteiger partial charge in [-0.25, -0.2) is 4.79 Å². The average molecular weight is 311 g/mol. The quantitative estimate of drug-likeness (QED) is 0.848. The van der Waals surface area contributed by atoms with Crippen LogP contribution in [0.5, 0.6) is 0 Å². The fourth-order valence-corrected chi connectivity index (χ4v) is 2.38. The van der Waals surface area contributed by atoms with E-state index < -0.39 is 5.97 Å². The third-order valence-electron chi connectivity index (χ3n) is 3.50. The predicted octanol–water partition coefficient (Wildman–Crippen LogP) is 3.05. The van der Waals surface area contributed by atoms with E-state index in [0.29, 0.717) is 5.02 Å². The van der Waals surface area contributed by atoms with E-state index in [1.54, 1.807) is 11.0 Å². The highest BCUT2D eigenvalue weighted by Gasteiger charge is 2.33. The number of nitrogens with one attached hydrogen (secondary N) is 1. The van der Waals surface area contributed by atoms with Gasteiger partial charge in [-0.3, -0.25) is 4.79 Å². The molecule has 2 amide bonds. The molecule has 0 aromatic heterocycles. The molecule has 2 N–H and O–H groups in total. The minimum Gasteiger partial charge on any atom is -0.481 e. The molecule has 0 saturated heterocycles. The van der Waals surface area contributed by atoms with Crippen LogP contribution in [0, 0.1) is 0 Å². The molecule has 5 nitrogen and oxygen atoms in total. The second-order valence-electron chi connectivity index (χ2n) is 5.29. The van der Waals surface area contributed by atoms with Crippen molar-refractivity contribution >= 4 is 23.6 Å². The van der Waals surface area contributed by atoms with E-state index in [1.807, 2.05) is 25.1 Å². The zero-order valence-electron chi connectivity index (χ0n) is 11.9. The highest BCUT2D eigenvalue weighted by Crippen LogP contribution is 2.27. The second-order valence-corrected chi connectivity index (χ2v) is 5.73. The Labute approximate surface area is 128 Å². The van der Waals surface area contributed by atoms with Gasteiger partial charge in [0.2, 0.25) is 0 Å². The summed E-state index contributed by atoms with van der Waals surface area (Å²) in [7, 11) is 0. The number of carbonyl (C=O) groups excluding carboxylic acids is 1. The molecule has 1 fully saturated rings. The van der Waals surface area contributed by atoms with E-state index in [0.717, 1.165) is 18.4 Å². The fraction of sp³-hybridized carbons (Fsp3) is 0.467. The molecule has 0 bridgehead atoms. The number of aliphatic carboxylic acids is 1. The van der Waals surface area contributed by atoms with Crippen molar-refractivity contribution in [2.75, 3.05) is 6.54 Å². The number of hydrogen-bond acceptors (Lipinski definition) is 2. The van der Waals surface area contributed by atoms with Crippen molar-refractivity contribution in [2.24, 2.45) is 0 Å². The Hall–Kier alpha value is -1.75. The van der Waals surface area contributed by atoms with Gasteiger partial charge in [-0.1, -0.05) is 23.7 Å². The van der Waals surface area contributed by atoms with Crippen molar-refractivity contribution < 1.29 is 14.7 Å². The fourth-order valence-electron chi connectivity index (χ4n) is 2.18. The van der Waals surface area contributed by atoms with Gasteiger partial charge >= 0.3 is 12.0 Å². The SMILES string of the molecule is CC(NC(=O)N(CCC(=O)O)C1CC1)c1cccc(Cl)c1. The Morgan fingerprint density at radius 1 is 1.48 bits per heavy atom. The molecule has 1 aromatic rings. The Morgan fingerprint density at radius 3 is 2.76 bits per heavy atom. The second kappa shape index (κ2) is 6.80. The predicted molar refractivity (Wildman–Crippen MR) is 80.4 cm³/mol. The van der Waals surface area contributed by atoms with Crippen LogP contribution in [0.3, 0.4) is 0 Å². The Morgan fingerprint density at radius 2 is 2.19 bits per heavy atom. The lowest BCUT2D eigenvalue weighted by Crippen LogP contribution is -2.43. The normalized spacial score (nSPS) is 15.3. The molecule has 2 rings (SSSR count). The third kappa shape index (κ3) is 4.63. The summed E-state index contributed by atoms with van der Waals surface area (Å²) < 4.78 is 0. The maximum absolute atomic E-state index is 12.3. The molecular weight excluding hydrogens is 292 g/mol. The number of urea groups is 1. The van der Waals surface area contributed by atoms with E-state index >= 15 is 0 Å². The lowest BCUT2D eigenvalue weighted by Gasteiger charge is -2.25. The largest absolute Gasteiger partial charge is 0.481 e. The van der Waals surface area contributed by atoms with E-state index in [-0.39, 0.29) is 31.1 Å². The smallest absolute Gasteiger partial charge is 0.318 e. The molecule has 1 atom stereocenters. The van der Waals surface area contributed by atoms with Crippen molar-refractivity contribution in [2.45, 2.75) is 38.3 Å². The van der Waals surface area contributed by atoms with Gasteiger partial charge < -0.3 is 15.3 Å². The summed E-state index contributed by atoms with van der Waals surface area (Å²) in [6, 6.07) is 7.11.